The molecule has 31 heavy (non-hydrogen) atoms. The Morgan fingerprint density at radius 2 is 1.87 bits per heavy atom. The Balaban J connectivity index is 1.35. The summed E-state index contributed by atoms with van der Waals surface area (Å²) < 4.78 is 5.20. The minimum Gasteiger partial charge on any atom is -0.459 e. The number of aryl methyl sites for hydroxylation is 2. The Hall–Kier alpha value is -3.13. The van der Waals surface area contributed by atoms with E-state index in [0.717, 1.165) is 34.8 Å². The van der Waals surface area contributed by atoms with E-state index in [1.807, 2.05) is 44.2 Å². The lowest BCUT2D eigenvalue weighted by Gasteiger charge is -2.31. The number of amides is 2. The van der Waals surface area contributed by atoms with Crippen molar-refractivity contribution in [2.24, 2.45) is 5.92 Å². The average molecular weight is 437 g/mol. The van der Waals surface area contributed by atoms with Crippen LogP contribution in [0.25, 0.3) is 0 Å². The predicted octanol–water partition coefficient (Wildman–Crippen LogP) is 4.33. The van der Waals surface area contributed by atoms with Crippen LogP contribution in [0, 0.1) is 19.8 Å². The van der Waals surface area contributed by atoms with Crippen LogP contribution in [0.5, 0.6) is 0 Å². The second kappa shape index (κ2) is 9.34. The molecule has 0 radical (unpaired) electrons. The molecule has 1 atom stereocenters. The van der Waals surface area contributed by atoms with Crippen LogP contribution in [-0.4, -0.2) is 39.8 Å². The average Bonchev–Trinajstić information content (AvgIpc) is 3.29. The molecule has 0 bridgehead atoms. The van der Waals surface area contributed by atoms with E-state index in [-0.39, 0.29) is 17.7 Å². The van der Waals surface area contributed by atoms with E-state index in [1.165, 1.54) is 18.0 Å². The second-order valence-corrected chi connectivity index (χ2v) is 8.66. The standard InChI is InChI=1S/C23H24N4O3S/c1-15-13-16(2)25-23(24-15)31-19-9-7-18(8-10-19)26-21(28)17-5-3-11-27(14-17)22(29)20-6-4-12-30-20/h4,6-10,12-13,17H,3,5,11,14H2,1-2H3,(H,26,28). The molecule has 7 nitrogen and oxygen atoms in total. The molecule has 0 spiro atoms. The van der Waals surface area contributed by atoms with Gasteiger partial charge in [-0.2, -0.15) is 0 Å². The molecular formula is C23H24N4O3S. The molecule has 2 aromatic heterocycles. The van der Waals surface area contributed by atoms with Crippen molar-refractivity contribution < 1.29 is 14.0 Å². The van der Waals surface area contributed by atoms with Crippen LogP contribution in [-0.2, 0) is 4.79 Å². The van der Waals surface area contributed by atoms with Gasteiger partial charge < -0.3 is 14.6 Å². The third-order valence-electron chi connectivity index (χ3n) is 5.10. The highest BCUT2D eigenvalue weighted by molar-refractivity contribution is 7.99. The molecular weight excluding hydrogens is 412 g/mol. The molecule has 1 aromatic carbocycles. The predicted molar refractivity (Wildman–Crippen MR) is 118 cm³/mol. The van der Waals surface area contributed by atoms with Gasteiger partial charge in [0.25, 0.3) is 5.91 Å². The first-order valence-electron chi connectivity index (χ1n) is 10.2. The van der Waals surface area contributed by atoms with Gasteiger partial charge in [0.2, 0.25) is 5.91 Å². The van der Waals surface area contributed by atoms with E-state index in [0.29, 0.717) is 24.0 Å². The highest BCUT2D eigenvalue weighted by Crippen LogP contribution is 2.27. The van der Waals surface area contributed by atoms with Crippen LogP contribution in [0.1, 0.15) is 34.8 Å². The molecule has 2 amide bonds. The van der Waals surface area contributed by atoms with Crippen LogP contribution < -0.4 is 5.32 Å². The number of piperidine rings is 1. The minimum absolute atomic E-state index is 0.0741. The Bertz CT molecular complexity index is 1050. The molecule has 1 aliphatic heterocycles. The summed E-state index contributed by atoms with van der Waals surface area (Å²) in [4.78, 5) is 36.9. The zero-order valence-corrected chi connectivity index (χ0v) is 18.3. The number of nitrogens with one attached hydrogen (secondary N) is 1. The largest absolute Gasteiger partial charge is 0.459 e. The van der Waals surface area contributed by atoms with Crippen molar-refractivity contribution in [3.8, 4) is 0 Å². The number of nitrogens with zero attached hydrogens (tertiary/aromatic N) is 3. The van der Waals surface area contributed by atoms with Crippen molar-refractivity contribution in [2.75, 3.05) is 18.4 Å². The fourth-order valence-corrected chi connectivity index (χ4v) is 4.49. The summed E-state index contributed by atoms with van der Waals surface area (Å²) in [6.45, 7) is 4.93. The lowest BCUT2D eigenvalue weighted by molar-refractivity contribution is -0.121. The van der Waals surface area contributed by atoms with Gasteiger partial charge >= 0.3 is 0 Å². The first kappa shape index (κ1) is 21.1. The summed E-state index contributed by atoms with van der Waals surface area (Å²) in [5, 5.41) is 3.68. The molecule has 1 saturated heterocycles. The van der Waals surface area contributed by atoms with E-state index >= 15 is 0 Å². The maximum Gasteiger partial charge on any atom is 0.289 e. The Kier molecular flexibility index (Phi) is 6.36. The van der Waals surface area contributed by atoms with Crippen LogP contribution in [0.15, 0.2) is 63.2 Å². The van der Waals surface area contributed by atoms with E-state index in [4.69, 9.17) is 4.42 Å². The molecule has 3 heterocycles. The van der Waals surface area contributed by atoms with Crippen LogP contribution >= 0.6 is 11.8 Å². The number of likely N-dealkylation sites (tertiary alicyclic amines) is 1. The van der Waals surface area contributed by atoms with Gasteiger partial charge in [0.15, 0.2) is 10.9 Å². The molecule has 160 valence electrons. The number of hydrogen-bond acceptors (Lipinski definition) is 6. The van der Waals surface area contributed by atoms with Crippen molar-refractivity contribution in [1.29, 1.82) is 0 Å². The second-order valence-electron chi connectivity index (χ2n) is 7.62. The smallest absolute Gasteiger partial charge is 0.289 e. The van der Waals surface area contributed by atoms with Crippen LogP contribution in [0.2, 0.25) is 0 Å². The van der Waals surface area contributed by atoms with Crippen molar-refractivity contribution in [3.05, 3.63) is 65.9 Å². The quantitative estimate of drug-likeness (QED) is 0.599. The summed E-state index contributed by atoms with van der Waals surface area (Å²) >= 11 is 1.49. The van der Waals surface area contributed by atoms with Crippen molar-refractivity contribution >= 4 is 29.3 Å². The van der Waals surface area contributed by atoms with Crippen LogP contribution in [0.3, 0.4) is 0 Å². The normalized spacial score (nSPS) is 16.2. The Morgan fingerprint density at radius 1 is 1.13 bits per heavy atom. The van der Waals surface area contributed by atoms with E-state index in [9.17, 15) is 9.59 Å². The van der Waals surface area contributed by atoms with Gasteiger partial charge in [0, 0.05) is 35.1 Å². The van der Waals surface area contributed by atoms with Gasteiger partial charge in [-0.05, 0) is 80.9 Å². The number of carbonyl (C=O) groups excluding carboxylic acids is 2. The highest BCUT2D eigenvalue weighted by atomic mass is 32.2. The fraction of sp³-hybridized carbons (Fsp3) is 0.304. The summed E-state index contributed by atoms with van der Waals surface area (Å²) in [5.41, 5.74) is 2.60. The molecule has 1 unspecified atom stereocenters. The number of aromatic nitrogens is 2. The summed E-state index contributed by atoms with van der Waals surface area (Å²) in [7, 11) is 0. The molecule has 8 heteroatoms. The van der Waals surface area contributed by atoms with Gasteiger partial charge in [-0.25, -0.2) is 9.97 Å². The first-order valence-corrected chi connectivity index (χ1v) is 11.0. The molecule has 1 fully saturated rings. The number of rotatable bonds is 5. The molecule has 1 aliphatic rings. The van der Waals surface area contributed by atoms with E-state index < -0.39 is 0 Å². The minimum atomic E-state index is -0.245. The Labute approximate surface area is 185 Å². The summed E-state index contributed by atoms with van der Waals surface area (Å²) in [5.74, 6) is -0.181. The maximum atomic E-state index is 12.8. The van der Waals surface area contributed by atoms with Gasteiger partial charge in [-0.15, -0.1) is 0 Å². The zero-order valence-electron chi connectivity index (χ0n) is 17.5. The number of furan rings is 1. The number of benzene rings is 1. The Morgan fingerprint density at radius 3 is 2.55 bits per heavy atom. The van der Waals surface area contributed by atoms with Crippen molar-refractivity contribution in [3.63, 3.8) is 0 Å². The monoisotopic (exact) mass is 436 g/mol. The topological polar surface area (TPSA) is 88.3 Å². The molecule has 4 rings (SSSR count). The zero-order chi connectivity index (χ0) is 21.8. The summed E-state index contributed by atoms with van der Waals surface area (Å²) in [6.07, 6.45) is 3.03. The van der Waals surface area contributed by atoms with Gasteiger partial charge in [-0.3, -0.25) is 9.59 Å². The van der Waals surface area contributed by atoms with Crippen LogP contribution in [0.4, 0.5) is 5.69 Å². The molecule has 3 aromatic rings. The van der Waals surface area contributed by atoms with Gasteiger partial charge in [0.1, 0.15) is 0 Å². The lowest BCUT2D eigenvalue weighted by atomic mass is 9.96. The molecule has 0 saturated carbocycles. The van der Waals surface area contributed by atoms with Gasteiger partial charge in [0.05, 0.1) is 12.2 Å². The van der Waals surface area contributed by atoms with Crippen molar-refractivity contribution in [1.82, 2.24) is 14.9 Å². The SMILES string of the molecule is Cc1cc(C)nc(Sc2ccc(NC(=O)C3CCCN(C(=O)c4ccco4)C3)cc2)n1. The summed E-state index contributed by atoms with van der Waals surface area (Å²) in [6, 6.07) is 12.9. The third kappa shape index (κ3) is 5.32. The molecule has 1 N–H and O–H groups in total. The lowest BCUT2D eigenvalue weighted by Crippen LogP contribution is -2.43. The number of anilines is 1. The number of carbonyl (C=O) groups is 2. The molecule has 0 aliphatic carbocycles. The van der Waals surface area contributed by atoms with E-state index in [1.54, 1.807) is 17.0 Å². The van der Waals surface area contributed by atoms with Crippen molar-refractivity contribution in [2.45, 2.75) is 36.7 Å². The third-order valence-corrected chi connectivity index (χ3v) is 5.98. The first-order chi connectivity index (χ1) is 15.0. The fourth-order valence-electron chi connectivity index (χ4n) is 3.63. The number of hydrogen-bond donors (Lipinski definition) is 1. The van der Waals surface area contributed by atoms with E-state index in [2.05, 4.69) is 15.3 Å². The highest BCUT2D eigenvalue weighted by Gasteiger charge is 2.29. The maximum absolute atomic E-state index is 12.8. The van der Waals surface area contributed by atoms with Gasteiger partial charge in [-0.1, -0.05) is 0 Å².